The minimum absolute atomic E-state index is 0.0330. The van der Waals surface area contributed by atoms with Crippen LogP contribution in [-0.2, 0) is 9.53 Å². The molecular formula is C29H41FN6O7. The third-order valence-electron chi connectivity index (χ3n) is 7.80. The fourth-order valence-electron chi connectivity index (χ4n) is 5.05. The van der Waals surface area contributed by atoms with Crippen molar-refractivity contribution in [2.75, 3.05) is 58.2 Å². The first-order chi connectivity index (χ1) is 20.5. The maximum Gasteiger partial charge on any atom is 0.236 e. The average Bonchev–Trinajstić information content (AvgIpc) is 2.98. The van der Waals surface area contributed by atoms with E-state index in [0.29, 0.717) is 29.9 Å². The van der Waals surface area contributed by atoms with Crippen LogP contribution < -0.4 is 21.1 Å². The molecule has 2 aliphatic rings. The summed E-state index contributed by atoms with van der Waals surface area (Å²) in [6, 6.07) is 8.41. The van der Waals surface area contributed by atoms with E-state index in [0.717, 1.165) is 24.7 Å². The topological polar surface area (TPSA) is 197 Å². The molecule has 6 unspecified atom stereocenters. The SMILES string of the molecule is Cc1ccc(C(=N)N)cc1NC(CNCC(=O)N1CCN(C)CC1)c1ccc(F)cc1OC1OC(CO)C(O)C(O)C1O. The van der Waals surface area contributed by atoms with Gasteiger partial charge in [0.1, 0.15) is 41.8 Å². The van der Waals surface area contributed by atoms with Gasteiger partial charge in [0.05, 0.1) is 19.2 Å². The highest BCUT2D eigenvalue weighted by atomic mass is 19.1. The Morgan fingerprint density at radius 1 is 1.14 bits per heavy atom. The number of aryl methyl sites for hydroxylation is 1. The molecule has 2 aromatic carbocycles. The van der Waals surface area contributed by atoms with E-state index < -0.39 is 49.2 Å². The number of rotatable bonds is 11. The molecule has 2 aromatic rings. The molecule has 0 saturated carbocycles. The number of carbonyl (C=O) groups is 1. The molecule has 2 heterocycles. The molecule has 2 saturated heterocycles. The number of likely N-dealkylation sites (N-methyl/N-ethyl adjacent to an activating group) is 1. The van der Waals surface area contributed by atoms with Gasteiger partial charge in [0.15, 0.2) is 0 Å². The van der Waals surface area contributed by atoms with E-state index in [1.165, 1.54) is 12.1 Å². The number of amides is 1. The number of nitrogens with one attached hydrogen (secondary N) is 3. The molecule has 43 heavy (non-hydrogen) atoms. The van der Waals surface area contributed by atoms with Crippen molar-refractivity contribution in [1.29, 1.82) is 5.41 Å². The number of nitrogens with two attached hydrogens (primary N) is 1. The molecule has 0 aromatic heterocycles. The number of nitrogen functional groups attached to an aromatic ring is 1. The van der Waals surface area contributed by atoms with E-state index in [4.69, 9.17) is 20.6 Å². The van der Waals surface area contributed by atoms with Gasteiger partial charge >= 0.3 is 0 Å². The maximum atomic E-state index is 14.5. The van der Waals surface area contributed by atoms with Gasteiger partial charge in [0.25, 0.3) is 0 Å². The van der Waals surface area contributed by atoms with E-state index in [9.17, 15) is 29.6 Å². The van der Waals surface area contributed by atoms with Crippen LogP contribution in [0.15, 0.2) is 36.4 Å². The summed E-state index contributed by atoms with van der Waals surface area (Å²) in [6.07, 6.45) is -7.71. The standard InChI is InChI=1S/C29H41FN6O7/c1-16-3-4-17(28(31)32)11-20(16)34-21(13-33-14-24(38)36-9-7-35(2)8-10-36)19-6-5-18(30)12-22(19)42-29-27(41)26(40)25(39)23(15-37)43-29/h3-6,11-12,21,23,25-27,29,33-34,37,39-41H,7-10,13-15H2,1-2H3,(H3,31,32). The van der Waals surface area contributed by atoms with Crippen molar-refractivity contribution in [2.45, 2.75) is 43.7 Å². The molecule has 0 radical (unpaired) electrons. The summed E-state index contributed by atoms with van der Waals surface area (Å²) in [7, 11) is 2.01. The lowest BCUT2D eigenvalue weighted by molar-refractivity contribution is -0.277. The predicted molar refractivity (Wildman–Crippen MR) is 156 cm³/mol. The molecule has 1 amide bonds. The second-order valence-corrected chi connectivity index (χ2v) is 11.0. The van der Waals surface area contributed by atoms with Gasteiger partial charge in [-0.2, -0.15) is 0 Å². The van der Waals surface area contributed by atoms with Crippen molar-refractivity contribution in [3.05, 3.63) is 58.9 Å². The zero-order valence-electron chi connectivity index (χ0n) is 24.2. The number of nitrogens with zero attached hydrogens (tertiary/aromatic N) is 2. The zero-order chi connectivity index (χ0) is 31.3. The predicted octanol–water partition coefficient (Wildman–Crippen LogP) is -0.886. The normalized spacial score (nSPS) is 25.3. The van der Waals surface area contributed by atoms with Crippen molar-refractivity contribution >= 4 is 17.4 Å². The summed E-state index contributed by atoms with van der Waals surface area (Å²) < 4.78 is 25.9. The molecule has 14 heteroatoms. The van der Waals surface area contributed by atoms with Crippen LogP contribution in [0.5, 0.6) is 5.75 Å². The smallest absolute Gasteiger partial charge is 0.236 e. The number of anilines is 1. The Morgan fingerprint density at radius 2 is 1.86 bits per heavy atom. The number of hydrogen-bond donors (Lipinski definition) is 8. The van der Waals surface area contributed by atoms with Crippen LogP contribution in [0.1, 0.15) is 22.7 Å². The van der Waals surface area contributed by atoms with Crippen molar-refractivity contribution in [3.8, 4) is 5.75 Å². The summed E-state index contributed by atoms with van der Waals surface area (Å²) >= 11 is 0. The van der Waals surface area contributed by atoms with Crippen molar-refractivity contribution in [1.82, 2.24) is 15.1 Å². The van der Waals surface area contributed by atoms with Crippen molar-refractivity contribution in [2.24, 2.45) is 5.73 Å². The Kier molecular flexibility index (Phi) is 10.9. The molecule has 0 aliphatic carbocycles. The number of carbonyl (C=O) groups excluding carboxylic acids is 1. The van der Waals surface area contributed by atoms with E-state index in [2.05, 4.69) is 15.5 Å². The minimum atomic E-state index is -1.70. The number of amidine groups is 1. The third-order valence-corrected chi connectivity index (χ3v) is 7.80. The minimum Gasteiger partial charge on any atom is -0.462 e. The van der Waals surface area contributed by atoms with Crippen LogP contribution in [0.4, 0.5) is 10.1 Å². The monoisotopic (exact) mass is 604 g/mol. The van der Waals surface area contributed by atoms with Crippen LogP contribution in [0.25, 0.3) is 0 Å². The van der Waals surface area contributed by atoms with Crippen LogP contribution >= 0.6 is 0 Å². The number of piperazine rings is 1. The Hall–Kier alpha value is -3.37. The Morgan fingerprint density at radius 3 is 2.53 bits per heavy atom. The van der Waals surface area contributed by atoms with Gasteiger partial charge in [-0.15, -0.1) is 0 Å². The molecule has 236 valence electrons. The van der Waals surface area contributed by atoms with E-state index >= 15 is 0 Å². The van der Waals surface area contributed by atoms with Gasteiger partial charge in [0.2, 0.25) is 12.2 Å². The zero-order valence-corrected chi connectivity index (χ0v) is 24.2. The lowest BCUT2D eigenvalue weighted by Gasteiger charge is -2.40. The first-order valence-corrected chi connectivity index (χ1v) is 14.1. The van der Waals surface area contributed by atoms with Gasteiger partial charge < -0.3 is 56.1 Å². The van der Waals surface area contributed by atoms with Crippen LogP contribution in [0.3, 0.4) is 0 Å². The molecule has 0 spiro atoms. The second-order valence-electron chi connectivity index (χ2n) is 11.0. The number of benzene rings is 2. The van der Waals surface area contributed by atoms with Crippen LogP contribution in [0.2, 0.25) is 0 Å². The first-order valence-electron chi connectivity index (χ1n) is 14.1. The van der Waals surface area contributed by atoms with E-state index in [1.54, 1.807) is 23.1 Å². The van der Waals surface area contributed by atoms with Crippen molar-refractivity contribution in [3.63, 3.8) is 0 Å². The molecule has 0 bridgehead atoms. The summed E-state index contributed by atoms with van der Waals surface area (Å²) in [4.78, 5) is 16.8. The Bertz CT molecular complexity index is 1280. The molecular weight excluding hydrogens is 563 g/mol. The molecule has 13 nitrogen and oxygen atoms in total. The second kappa shape index (κ2) is 14.4. The average molecular weight is 605 g/mol. The lowest BCUT2D eigenvalue weighted by atomic mass is 9.99. The highest BCUT2D eigenvalue weighted by Gasteiger charge is 2.45. The van der Waals surface area contributed by atoms with Gasteiger partial charge in [0, 0.05) is 55.6 Å². The van der Waals surface area contributed by atoms with Gasteiger partial charge in [-0.1, -0.05) is 18.2 Å². The number of aliphatic hydroxyl groups excluding tert-OH is 4. The van der Waals surface area contributed by atoms with Gasteiger partial charge in [-0.25, -0.2) is 4.39 Å². The number of halogens is 1. The summed E-state index contributed by atoms with van der Waals surface area (Å²) in [5.41, 5.74) is 8.09. The fourth-order valence-corrected chi connectivity index (χ4v) is 5.05. The quantitative estimate of drug-likeness (QED) is 0.117. The highest BCUT2D eigenvalue weighted by Crippen LogP contribution is 2.33. The number of aliphatic hydroxyl groups is 4. The summed E-state index contributed by atoms with van der Waals surface area (Å²) in [5, 5.41) is 54.9. The molecule has 9 N–H and O–H groups in total. The molecule has 4 rings (SSSR count). The van der Waals surface area contributed by atoms with Gasteiger partial charge in [-0.05, 0) is 31.7 Å². The Labute approximate surface area is 249 Å². The van der Waals surface area contributed by atoms with Gasteiger partial charge in [-0.3, -0.25) is 10.2 Å². The molecule has 6 atom stereocenters. The number of ether oxygens (including phenoxy) is 2. The summed E-state index contributed by atoms with van der Waals surface area (Å²) in [5.74, 6) is -0.855. The Balaban J connectivity index is 1.61. The third kappa shape index (κ3) is 7.97. The lowest BCUT2D eigenvalue weighted by Crippen LogP contribution is -2.60. The molecule has 2 fully saturated rings. The van der Waals surface area contributed by atoms with Crippen molar-refractivity contribution < 1.29 is 39.1 Å². The van der Waals surface area contributed by atoms with Crippen LogP contribution in [-0.4, -0.2) is 126 Å². The number of hydrogen-bond acceptors (Lipinski definition) is 11. The first kappa shape index (κ1) is 32.5. The van der Waals surface area contributed by atoms with E-state index in [-0.39, 0.29) is 30.6 Å². The van der Waals surface area contributed by atoms with Crippen LogP contribution in [0, 0.1) is 18.2 Å². The van der Waals surface area contributed by atoms with E-state index in [1.807, 2.05) is 14.0 Å². The highest BCUT2D eigenvalue weighted by molar-refractivity contribution is 5.96. The maximum absolute atomic E-state index is 14.5. The summed E-state index contributed by atoms with van der Waals surface area (Å²) in [6.45, 7) is 4.28. The molecule has 2 aliphatic heterocycles. The fraction of sp³-hybridized carbons (Fsp3) is 0.517. The largest absolute Gasteiger partial charge is 0.462 e.